The van der Waals surface area contributed by atoms with Gasteiger partial charge in [-0.3, -0.25) is 4.79 Å². The summed E-state index contributed by atoms with van der Waals surface area (Å²) in [7, 11) is 3.28. The number of allylic oxidation sites excluding steroid dienone is 3. The quantitative estimate of drug-likeness (QED) is 0.518. The zero-order chi connectivity index (χ0) is 11.4. The Kier molecular flexibility index (Phi) is 3.50. The molecule has 0 atom stereocenters. The predicted molar refractivity (Wildman–Crippen MR) is 60.1 cm³/mol. The van der Waals surface area contributed by atoms with E-state index in [1.165, 1.54) is 7.11 Å². The number of hydrogen-bond acceptors (Lipinski definition) is 2. The molecule has 1 heterocycles. The number of likely N-dealkylation sites (tertiary alicyclic amines) is 1. The first-order valence-electron chi connectivity index (χ1n) is 4.63. The molecule has 80 valence electrons. The van der Waals surface area contributed by atoms with Crippen LogP contribution in [0.25, 0.3) is 0 Å². The van der Waals surface area contributed by atoms with Gasteiger partial charge in [0.15, 0.2) is 0 Å². The van der Waals surface area contributed by atoms with Crippen LogP contribution >= 0.6 is 0 Å². The van der Waals surface area contributed by atoms with Crippen molar-refractivity contribution in [2.24, 2.45) is 0 Å². The maximum Gasteiger partial charge on any atom is 0.258 e. The summed E-state index contributed by atoms with van der Waals surface area (Å²) in [6.07, 6.45) is 5.03. The minimum absolute atomic E-state index is 0.0418. The molecule has 0 spiro atoms. The van der Waals surface area contributed by atoms with Gasteiger partial charge >= 0.3 is 0 Å². The number of carbonyl (C=O) groups is 1. The molecular weight excluding hydrogens is 190 g/mol. The fourth-order valence-electron chi connectivity index (χ4n) is 1.56. The predicted octanol–water partition coefficient (Wildman–Crippen LogP) is 1.66. The van der Waals surface area contributed by atoms with E-state index >= 15 is 0 Å². The second-order valence-corrected chi connectivity index (χ2v) is 3.24. The van der Waals surface area contributed by atoms with Gasteiger partial charge in [0, 0.05) is 13.6 Å². The van der Waals surface area contributed by atoms with Gasteiger partial charge < -0.3 is 9.64 Å². The molecule has 1 fully saturated rings. The second kappa shape index (κ2) is 4.64. The number of carbonyl (C=O) groups excluding carboxylic acids is 1. The highest BCUT2D eigenvalue weighted by atomic mass is 16.5. The maximum atomic E-state index is 11.8. The summed E-state index contributed by atoms with van der Waals surface area (Å²) in [5.41, 5.74) is 1.49. The number of amides is 1. The lowest BCUT2D eigenvalue weighted by Gasteiger charge is -2.06. The van der Waals surface area contributed by atoms with Crippen molar-refractivity contribution < 1.29 is 9.53 Å². The Morgan fingerprint density at radius 1 is 1.53 bits per heavy atom. The molecule has 0 aliphatic carbocycles. The summed E-state index contributed by atoms with van der Waals surface area (Å²) in [5.74, 6) is 0.470. The first-order valence-corrected chi connectivity index (χ1v) is 4.63. The fraction of sp³-hybridized carbons (Fsp3) is 0.250. The van der Waals surface area contributed by atoms with E-state index in [1.54, 1.807) is 24.1 Å². The van der Waals surface area contributed by atoms with E-state index in [0.717, 1.165) is 5.57 Å². The third kappa shape index (κ3) is 2.01. The largest absolute Gasteiger partial charge is 0.496 e. The number of ether oxygens (including phenoxy) is 1. The second-order valence-electron chi connectivity index (χ2n) is 3.24. The lowest BCUT2D eigenvalue weighted by Crippen LogP contribution is -2.19. The van der Waals surface area contributed by atoms with Crippen LogP contribution in [0.15, 0.2) is 48.3 Å². The van der Waals surface area contributed by atoms with Gasteiger partial charge in [-0.25, -0.2) is 0 Å². The molecule has 1 saturated heterocycles. The van der Waals surface area contributed by atoms with E-state index in [9.17, 15) is 4.79 Å². The highest BCUT2D eigenvalue weighted by Crippen LogP contribution is 2.26. The Morgan fingerprint density at radius 3 is 2.67 bits per heavy atom. The minimum atomic E-state index is -0.0418. The van der Waals surface area contributed by atoms with Crippen LogP contribution in [-0.2, 0) is 9.53 Å². The lowest BCUT2D eigenvalue weighted by molar-refractivity contribution is -0.123. The SMILES string of the molecule is C=C/C=C1/CN(C)C(=O)/C1=C(/C=C)OC. The van der Waals surface area contributed by atoms with Crippen molar-refractivity contribution in [3.05, 3.63) is 48.3 Å². The fourth-order valence-corrected chi connectivity index (χ4v) is 1.56. The van der Waals surface area contributed by atoms with Crippen molar-refractivity contribution in [1.82, 2.24) is 4.90 Å². The van der Waals surface area contributed by atoms with Crippen LogP contribution in [0.1, 0.15) is 0 Å². The van der Waals surface area contributed by atoms with E-state index < -0.39 is 0 Å². The standard InChI is InChI=1S/C12H15NO2/c1-5-7-9-8-13(3)12(14)11(9)10(6-2)15-4/h5-7H,1-2,8H2,3-4H3/b9-7-,11-10-. The monoisotopic (exact) mass is 205 g/mol. The summed E-state index contributed by atoms with van der Waals surface area (Å²) in [4.78, 5) is 13.4. The van der Waals surface area contributed by atoms with Gasteiger partial charge in [-0.05, 0) is 11.6 Å². The normalized spacial score (nSPS) is 21.9. The van der Waals surface area contributed by atoms with Crippen molar-refractivity contribution in [3.63, 3.8) is 0 Å². The maximum absolute atomic E-state index is 11.8. The van der Waals surface area contributed by atoms with Gasteiger partial charge in [0.2, 0.25) is 0 Å². The summed E-state index contributed by atoms with van der Waals surface area (Å²) in [5, 5.41) is 0. The Hall–Kier alpha value is -1.77. The highest BCUT2D eigenvalue weighted by molar-refractivity contribution is 6.02. The minimum Gasteiger partial charge on any atom is -0.496 e. The van der Waals surface area contributed by atoms with Crippen LogP contribution in [0.4, 0.5) is 0 Å². The van der Waals surface area contributed by atoms with Crippen LogP contribution in [-0.4, -0.2) is 31.5 Å². The molecule has 1 aliphatic heterocycles. The molecular formula is C12H15NO2. The van der Waals surface area contributed by atoms with Crippen LogP contribution < -0.4 is 0 Å². The molecule has 3 nitrogen and oxygen atoms in total. The topological polar surface area (TPSA) is 29.5 Å². The molecule has 0 aromatic carbocycles. The molecule has 0 aromatic rings. The van der Waals surface area contributed by atoms with Crippen molar-refractivity contribution in [1.29, 1.82) is 0 Å². The van der Waals surface area contributed by atoms with E-state index in [4.69, 9.17) is 4.74 Å². The Morgan fingerprint density at radius 2 is 2.20 bits per heavy atom. The third-order valence-electron chi connectivity index (χ3n) is 2.26. The van der Waals surface area contributed by atoms with Crippen molar-refractivity contribution >= 4 is 5.91 Å². The highest BCUT2D eigenvalue weighted by Gasteiger charge is 2.30. The lowest BCUT2D eigenvalue weighted by atomic mass is 10.1. The molecule has 0 radical (unpaired) electrons. The number of methoxy groups -OCH3 is 1. The molecule has 1 aliphatic rings. The van der Waals surface area contributed by atoms with Crippen molar-refractivity contribution in [3.8, 4) is 0 Å². The summed E-state index contributed by atoms with van der Waals surface area (Å²) < 4.78 is 5.12. The number of nitrogens with zero attached hydrogens (tertiary/aromatic N) is 1. The Balaban J connectivity index is 3.28. The molecule has 1 rings (SSSR count). The van der Waals surface area contributed by atoms with Crippen LogP contribution in [0.5, 0.6) is 0 Å². The van der Waals surface area contributed by atoms with Gasteiger partial charge in [-0.15, -0.1) is 0 Å². The number of likely N-dealkylation sites (N-methyl/N-ethyl adjacent to an activating group) is 1. The molecule has 0 aromatic heterocycles. The van der Waals surface area contributed by atoms with Gasteiger partial charge in [0.1, 0.15) is 5.76 Å². The molecule has 1 amide bonds. The van der Waals surface area contributed by atoms with Crippen LogP contribution in [0.2, 0.25) is 0 Å². The van der Waals surface area contributed by atoms with E-state index in [2.05, 4.69) is 13.2 Å². The van der Waals surface area contributed by atoms with Crippen LogP contribution in [0.3, 0.4) is 0 Å². The smallest absolute Gasteiger partial charge is 0.258 e. The average Bonchev–Trinajstić information content (AvgIpc) is 2.48. The molecule has 15 heavy (non-hydrogen) atoms. The Labute approximate surface area is 90.0 Å². The third-order valence-corrected chi connectivity index (χ3v) is 2.26. The number of hydrogen-bond donors (Lipinski definition) is 0. The van der Waals surface area contributed by atoms with Crippen LogP contribution in [0, 0.1) is 0 Å². The number of rotatable bonds is 3. The van der Waals surface area contributed by atoms with E-state index in [-0.39, 0.29) is 5.91 Å². The summed E-state index contributed by atoms with van der Waals surface area (Å²) in [6.45, 7) is 7.83. The van der Waals surface area contributed by atoms with Gasteiger partial charge in [0.25, 0.3) is 5.91 Å². The molecule has 0 bridgehead atoms. The Bertz CT molecular complexity index is 364. The zero-order valence-corrected chi connectivity index (χ0v) is 9.12. The van der Waals surface area contributed by atoms with Gasteiger partial charge in [-0.2, -0.15) is 0 Å². The van der Waals surface area contributed by atoms with Gasteiger partial charge in [-0.1, -0.05) is 25.3 Å². The van der Waals surface area contributed by atoms with E-state index in [1.807, 2.05) is 6.08 Å². The molecule has 0 unspecified atom stereocenters. The van der Waals surface area contributed by atoms with Crippen molar-refractivity contribution in [2.45, 2.75) is 0 Å². The van der Waals surface area contributed by atoms with E-state index in [0.29, 0.717) is 17.9 Å². The summed E-state index contributed by atoms with van der Waals surface area (Å²) >= 11 is 0. The molecule has 0 N–H and O–H groups in total. The van der Waals surface area contributed by atoms with Gasteiger partial charge in [0.05, 0.1) is 12.7 Å². The molecule has 3 heteroatoms. The first-order chi connectivity index (χ1) is 7.15. The first kappa shape index (κ1) is 11.3. The molecule has 0 saturated carbocycles. The average molecular weight is 205 g/mol. The van der Waals surface area contributed by atoms with Crippen molar-refractivity contribution in [2.75, 3.05) is 20.7 Å². The zero-order valence-electron chi connectivity index (χ0n) is 9.12. The summed E-state index contributed by atoms with van der Waals surface area (Å²) in [6, 6.07) is 0.